The summed E-state index contributed by atoms with van der Waals surface area (Å²) < 4.78 is 0. The molecule has 31 heavy (non-hydrogen) atoms. The summed E-state index contributed by atoms with van der Waals surface area (Å²) >= 11 is 0. The van der Waals surface area contributed by atoms with Gasteiger partial charge in [-0.25, -0.2) is 0 Å². The van der Waals surface area contributed by atoms with E-state index in [4.69, 9.17) is 0 Å². The Morgan fingerprint density at radius 3 is 2.10 bits per heavy atom. The van der Waals surface area contributed by atoms with Crippen LogP contribution < -0.4 is 16.8 Å². The Morgan fingerprint density at radius 2 is 1.55 bits per heavy atom. The Balaban J connectivity index is 0.00000156. The Bertz CT molecular complexity index is 797. The lowest BCUT2D eigenvalue weighted by atomic mass is 9.81. The third-order valence-corrected chi connectivity index (χ3v) is 5.79. The van der Waals surface area contributed by atoms with E-state index in [1.807, 2.05) is 44.2 Å². The summed E-state index contributed by atoms with van der Waals surface area (Å²) in [5.74, 6) is -0.154. The molecule has 1 saturated carbocycles. The van der Waals surface area contributed by atoms with Crippen LogP contribution in [0, 0.1) is 5.41 Å². The van der Waals surface area contributed by atoms with Crippen LogP contribution >= 0.6 is 0 Å². The predicted molar refractivity (Wildman–Crippen MR) is 130 cm³/mol. The second-order valence-electron chi connectivity index (χ2n) is 8.28. The van der Waals surface area contributed by atoms with E-state index in [-0.39, 0.29) is 23.3 Å². The van der Waals surface area contributed by atoms with Gasteiger partial charge in [0.1, 0.15) is 0 Å². The molecule has 2 aromatic rings. The number of Topliss-reactive ketones (excluding diaryl/α,β-unsaturated/α-hetero) is 1. The van der Waals surface area contributed by atoms with Crippen LogP contribution in [0.15, 0.2) is 54.6 Å². The summed E-state index contributed by atoms with van der Waals surface area (Å²) in [6, 6.07) is 17.2. The van der Waals surface area contributed by atoms with Crippen molar-refractivity contribution in [3.63, 3.8) is 0 Å². The summed E-state index contributed by atoms with van der Waals surface area (Å²) in [6.45, 7) is 8.53. The molecule has 0 saturated heterocycles. The predicted octanol–water partition coefficient (Wildman–Crippen LogP) is 6.14. The molecule has 5 nitrogen and oxygen atoms in total. The van der Waals surface area contributed by atoms with Crippen molar-refractivity contribution in [1.29, 1.82) is 0 Å². The Kier molecular flexibility index (Phi) is 11.0. The number of anilines is 1. The lowest BCUT2D eigenvalue weighted by molar-refractivity contribution is -0.119. The minimum Gasteiger partial charge on any atom is -0.381 e. The van der Waals surface area contributed by atoms with Crippen LogP contribution in [-0.2, 0) is 11.3 Å². The first-order valence-electron chi connectivity index (χ1n) is 11.1. The van der Waals surface area contributed by atoms with E-state index in [0.717, 1.165) is 31.5 Å². The van der Waals surface area contributed by atoms with Crippen LogP contribution in [0.4, 0.5) is 5.69 Å². The minimum absolute atomic E-state index is 0. The first-order valence-corrected chi connectivity index (χ1v) is 11.1. The molecule has 0 aliphatic heterocycles. The summed E-state index contributed by atoms with van der Waals surface area (Å²) in [5, 5.41) is 6.31. The minimum atomic E-state index is -0.411. The quantitative estimate of drug-likeness (QED) is 0.473. The Labute approximate surface area is 187 Å². The van der Waals surface area contributed by atoms with Crippen LogP contribution in [0.1, 0.15) is 75.7 Å². The van der Waals surface area contributed by atoms with Gasteiger partial charge in [0.05, 0.1) is 6.04 Å². The molecule has 0 bridgehead atoms. The maximum Gasteiger partial charge on any atom is 0.251 e. The van der Waals surface area contributed by atoms with Crippen molar-refractivity contribution in [2.75, 3.05) is 5.32 Å². The highest BCUT2D eigenvalue weighted by Gasteiger charge is 2.33. The molecule has 5 N–H and O–H groups in total. The maximum atomic E-state index is 12.6. The van der Waals surface area contributed by atoms with Crippen molar-refractivity contribution in [3.8, 4) is 0 Å². The molecule has 0 spiro atoms. The van der Waals surface area contributed by atoms with Gasteiger partial charge in [0.15, 0.2) is 5.78 Å². The van der Waals surface area contributed by atoms with E-state index in [1.165, 1.54) is 18.4 Å². The number of carbonyl (C=O) groups excluding carboxylic acids is 2. The molecule has 1 amide bonds. The highest BCUT2D eigenvalue weighted by atomic mass is 16.2. The fraction of sp³-hybridized carbons (Fsp3) is 0.462. The molecule has 1 atom stereocenters. The molecule has 1 fully saturated rings. The highest BCUT2D eigenvalue weighted by molar-refractivity contribution is 5.97. The molecular weight excluding hydrogens is 386 g/mol. The van der Waals surface area contributed by atoms with Crippen molar-refractivity contribution in [3.05, 3.63) is 65.7 Å². The van der Waals surface area contributed by atoms with E-state index in [9.17, 15) is 9.59 Å². The van der Waals surface area contributed by atoms with Gasteiger partial charge < -0.3 is 16.8 Å². The number of carbonyl (C=O) groups is 2. The number of nitrogens with one attached hydrogen (secondary N) is 2. The van der Waals surface area contributed by atoms with Crippen molar-refractivity contribution >= 4 is 17.4 Å². The second kappa shape index (κ2) is 12.9. The molecule has 1 aliphatic rings. The molecule has 2 aromatic carbocycles. The summed E-state index contributed by atoms with van der Waals surface area (Å²) in [5.41, 5.74) is 2.90. The fourth-order valence-electron chi connectivity index (χ4n) is 4.00. The normalized spacial score (nSPS) is 15.0. The largest absolute Gasteiger partial charge is 0.381 e. The van der Waals surface area contributed by atoms with Crippen LogP contribution in [0.25, 0.3) is 0 Å². The molecule has 170 valence electrons. The number of hydrogen-bond donors (Lipinski definition) is 3. The molecule has 5 heteroatoms. The van der Waals surface area contributed by atoms with Crippen molar-refractivity contribution in [1.82, 2.24) is 11.5 Å². The molecular formula is C26H39N3O2. The van der Waals surface area contributed by atoms with E-state index >= 15 is 0 Å². The smallest absolute Gasteiger partial charge is 0.251 e. The SMILES string of the molecule is CC.CC(=O)[C@H](CC1(C)CCCC1)NC(=O)c1ccc(NCc2ccccc2)cc1.N. The average Bonchev–Trinajstić information content (AvgIpc) is 3.20. The van der Waals surface area contributed by atoms with Gasteiger partial charge in [-0.1, -0.05) is 63.9 Å². The number of rotatable bonds is 8. The highest BCUT2D eigenvalue weighted by Crippen LogP contribution is 2.41. The standard InChI is InChI=1S/C24H30N2O2.C2H6.H3N/c1-18(27)22(16-24(2)14-6-7-15-24)26-23(28)20-10-12-21(13-11-20)25-17-19-8-4-3-5-9-19;1-2;/h3-5,8-13,22,25H,6-7,14-17H2,1-2H3,(H,26,28);1-2H3;1H3/t22-;;/m0../s1. The third kappa shape index (κ3) is 8.18. The van der Waals surface area contributed by atoms with Gasteiger partial charge in [-0.15, -0.1) is 0 Å². The molecule has 0 radical (unpaired) electrons. The average molecular weight is 426 g/mol. The van der Waals surface area contributed by atoms with Crippen LogP contribution in [0.5, 0.6) is 0 Å². The maximum absolute atomic E-state index is 12.6. The van der Waals surface area contributed by atoms with Gasteiger partial charge in [0.2, 0.25) is 0 Å². The van der Waals surface area contributed by atoms with E-state index < -0.39 is 6.04 Å². The van der Waals surface area contributed by atoms with Gasteiger partial charge in [0, 0.05) is 17.8 Å². The first kappa shape index (κ1) is 26.4. The zero-order valence-electron chi connectivity index (χ0n) is 19.5. The van der Waals surface area contributed by atoms with E-state index in [2.05, 4.69) is 29.7 Å². The van der Waals surface area contributed by atoms with E-state index in [1.54, 1.807) is 19.1 Å². The monoisotopic (exact) mass is 425 g/mol. The van der Waals surface area contributed by atoms with Crippen molar-refractivity contribution in [2.45, 2.75) is 72.4 Å². The van der Waals surface area contributed by atoms with Crippen molar-refractivity contribution in [2.24, 2.45) is 5.41 Å². The summed E-state index contributed by atoms with van der Waals surface area (Å²) in [6.07, 6.45) is 5.42. The summed E-state index contributed by atoms with van der Waals surface area (Å²) in [4.78, 5) is 24.7. The zero-order valence-corrected chi connectivity index (χ0v) is 19.5. The number of benzene rings is 2. The van der Waals surface area contributed by atoms with Gasteiger partial charge >= 0.3 is 0 Å². The second-order valence-corrected chi connectivity index (χ2v) is 8.28. The zero-order chi connectivity index (χ0) is 22.0. The number of hydrogen-bond acceptors (Lipinski definition) is 4. The fourth-order valence-corrected chi connectivity index (χ4v) is 4.00. The molecule has 0 aromatic heterocycles. The topological polar surface area (TPSA) is 93.2 Å². The lowest BCUT2D eigenvalue weighted by Crippen LogP contribution is -2.42. The summed E-state index contributed by atoms with van der Waals surface area (Å²) in [7, 11) is 0. The Morgan fingerprint density at radius 1 is 0.968 bits per heavy atom. The van der Waals surface area contributed by atoms with E-state index in [0.29, 0.717) is 5.56 Å². The van der Waals surface area contributed by atoms with Crippen LogP contribution in [0.2, 0.25) is 0 Å². The lowest BCUT2D eigenvalue weighted by Gasteiger charge is -2.28. The molecule has 0 unspecified atom stereocenters. The van der Waals surface area contributed by atoms with Crippen molar-refractivity contribution < 1.29 is 9.59 Å². The third-order valence-electron chi connectivity index (χ3n) is 5.79. The number of amides is 1. The first-order chi connectivity index (χ1) is 14.5. The van der Waals surface area contributed by atoms with Gasteiger partial charge in [-0.2, -0.15) is 0 Å². The molecule has 3 rings (SSSR count). The van der Waals surface area contributed by atoms with Crippen LogP contribution in [-0.4, -0.2) is 17.7 Å². The number of ketones is 1. The molecule has 0 heterocycles. The molecule has 1 aliphatic carbocycles. The van der Waals surface area contributed by atoms with Gasteiger partial charge in [-0.3, -0.25) is 9.59 Å². The van der Waals surface area contributed by atoms with Crippen LogP contribution in [0.3, 0.4) is 0 Å². The van der Waals surface area contributed by atoms with Gasteiger partial charge in [-0.05, 0) is 61.4 Å². The van der Waals surface area contributed by atoms with Gasteiger partial charge in [0.25, 0.3) is 5.91 Å². The Hall–Kier alpha value is -2.66.